The van der Waals surface area contributed by atoms with Gasteiger partial charge in [0.25, 0.3) is 0 Å². The Morgan fingerprint density at radius 3 is 1.57 bits per heavy atom. The molecular weight excluding hydrogens is 705 g/mol. The SMILES string of the molecule is CCCCCC12COC(c3ccc(-c4cc(F)c(C(F)(F)Oc5ccc(-c6cc(F)c(C(F)(F)F)c(F)c6)c(F)c5)c(F)c4)c(F)c3)(OC1)OC2. The normalized spacial score (nSPS) is 20.5. The summed E-state index contributed by atoms with van der Waals surface area (Å²) in [6.07, 6.45) is -6.33. The maximum absolute atomic E-state index is 15.4. The van der Waals surface area contributed by atoms with Gasteiger partial charge in [-0.1, -0.05) is 38.3 Å². The van der Waals surface area contributed by atoms with Crippen molar-refractivity contribution in [3.63, 3.8) is 0 Å². The fraction of sp³-hybridized carbons (Fsp3) is 0.333. The summed E-state index contributed by atoms with van der Waals surface area (Å²) >= 11 is 0. The number of fused-ring (bicyclic) bond motifs is 3. The molecule has 4 aromatic carbocycles. The minimum Gasteiger partial charge on any atom is -0.429 e. The second-order valence-corrected chi connectivity index (χ2v) is 12.5. The Kier molecular flexibility index (Phi) is 9.61. The Balaban J connectivity index is 1.20. The highest BCUT2D eigenvalue weighted by atomic mass is 19.4. The van der Waals surface area contributed by atoms with Gasteiger partial charge in [-0.25, -0.2) is 26.3 Å². The molecule has 2 bridgehead atoms. The standard InChI is InChI=1S/C36H27F11O4/c1-2-3-4-9-33-16-48-36(49-17-33,50-18-33)21-5-7-23(25(37)14-21)20-12-29(41)32(30(42)13-20)35(46,47)51-22-6-8-24(26(38)15-22)19-10-27(39)31(28(40)11-19)34(43,44)45/h5-8,10-15H,2-4,9,16-18H2,1H3. The highest BCUT2D eigenvalue weighted by Gasteiger charge is 2.53. The minimum atomic E-state index is -5.39. The predicted molar refractivity (Wildman–Crippen MR) is 159 cm³/mol. The van der Waals surface area contributed by atoms with E-state index in [4.69, 9.17) is 14.2 Å². The molecule has 3 fully saturated rings. The van der Waals surface area contributed by atoms with Crippen molar-refractivity contribution in [3.8, 4) is 28.0 Å². The van der Waals surface area contributed by atoms with E-state index in [-0.39, 0.29) is 34.7 Å². The minimum absolute atomic E-state index is 0.134. The summed E-state index contributed by atoms with van der Waals surface area (Å²) in [5.74, 6) is -13.0. The number of hydrogen-bond acceptors (Lipinski definition) is 4. The summed E-state index contributed by atoms with van der Waals surface area (Å²) < 4.78 is 179. The molecule has 0 N–H and O–H groups in total. The van der Waals surface area contributed by atoms with Crippen LogP contribution in [0, 0.1) is 40.3 Å². The summed E-state index contributed by atoms with van der Waals surface area (Å²) in [6.45, 7) is 3.01. The molecule has 0 radical (unpaired) electrons. The molecule has 0 saturated carbocycles. The van der Waals surface area contributed by atoms with Gasteiger partial charge in [0.05, 0.1) is 19.8 Å². The summed E-state index contributed by atoms with van der Waals surface area (Å²) in [5.41, 5.74) is -6.52. The van der Waals surface area contributed by atoms with Crippen molar-refractivity contribution in [3.05, 3.63) is 112 Å². The van der Waals surface area contributed by atoms with E-state index in [0.717, 1.165) is 37.8 Å². The van der Waals surface area contributed by atoms with Crippen LogP contribution in [0.4, 0.5) is 48.3 Å². The number of halogens is 11. The van der Waals surface area contributed by atoms with Crippen molar-refractivity contribution in [2.75, 3.05) is 19.8 Å². The van der Waals surface area contributed by atoms with Gasteiger partial charge in [-0.15, -0.1) is 0 Å². The van der Waals surface area contributed by atoms with Crippen LogP contribution in [0.25, 0.3) is 22.3 Å². The van der Waals surface area contributed by atoms with Crippen molar-refractivity contribution >= 4 is 0 Å². The lowest BCUT2D eigenvalue weighted by atomic mass is 9.82. The van der Waals surface area contributed by atoms with Crippen LogP contribution in [0.1, 0.15) is 49.3 Å². The first-order chi connectivity index (χ1) is 24.0. The Labute approximate surface area is 283 Å². The molecule has 0 unspecified atom stereocenters. The first-order valence-electron chi connectivity index (χ1n) is 15.6. The van der Waals surface area contributed by atoms with Gasteiger partial charge in [0.2, 0.25) is 0 Å². The van der Waals surface area contributed by atoms with Crippen LogP contribution >= 0.6 is 0 Å². The third-order valence-electron chi connectivity index (χ3n) is 8.81. The predicted octanol–water partition coefficient (Wildman–Crippen LogP) is 10.8. The Bertz CT molecular complexity index is 1890. The van der Waals surface area contributed by atoms with Gasteiger partial charge in [-0.05, 0) is 60.0 Å². The van der Waals surface area contributed by atoms with E-state index in [9.17, 15) is 26.3 Å². The van der Waals surface area contributed by atoms with Crippen molar-refractivity contribution in [2.24, 2.45) is 5.41 Å². The first kappa shape index (κ1) is 36.6. The number of alkyl halides is 5. The average Bonchev–Trinajstić information content (AvgIpc) is 3.04. The molecule has 0 aromatic heterocycles. The van der Waals surface area contributed by atoms with Gasteiger partial charge in [-0.2, -0.15) is 22.0 Å². The molecule has 4 nitrogen and oxygen atoms in total. The maximum atomic E-state index is 15.4. The molecule has 15 heteroatoms. The zero-order chi connectivity index (χ0) is 36.9. The molecule has 4 aromatic rings. The number of unbranched alkanes of at least 4 members (excludes halogenated alkanes) is 2. The second kappa shape index (κ2) is 13.4. The second-order valence-electron chi connectivity index (χ2n) is 12.5. The summed E-state index contributed by atoms with van der Waals surface area (Å²) in [4.78, 5) is 0. The highest BCUT2D eigenvalue weighted by molar-refractivity contribution is 5.67. The van der Waals surface area contributed by atoms with Gasteiger partial charge in [0.15, 0.2) is 0 Å². The molecule has 272 valence electrons. The van der Waals surface area contributed by atoms with Crippen molar-refractivity contribution < 1.29 is 67.2 Å². The monoisotopic (exact) mass is 732 g/mol. The third kappa shape index (κ3) is 7.03. The molecule has 0 atom stereocenters. The quantitative estimate of drug-likeness (QED) is 0.120. The molecule has 0 spiro atoms. The van der Waals surface area contributed by atoms with Crippen LogP contribution in [0.3, 0.4) is 0 Å². The van der Waals surface area contributed by atoms with E-state index in [1.165, 1.54) is 6.07 Å². The molecule has 51 heavy (non-hydrogen) atoms. The molecule has 3 heterocycles. The summed E-state index contributed by atoms with van der Waals surface area (Å²) in [6, 6.07) is 6.34. The lowest BCUT2D eigenvalue weighted by Gasteiger charge is -2.52. The average molecular weight is 733 g/mol. The lowest BCUT2D eigenvalue weighted by Crippen LogP contribution is -2.58. The number of benzene rings is 4. The lowest BCUT2D eigenvalue weighted by molar-refractivity contribution is -0.480. The first-order valence-corrected chi connectivity index (χ1v) is 15.6. The summed E-state index contributed by atoms with van der Waals surface area (Å²) in [5, 5.41) is 0. The van der Waals surface area contributed by atoms with E-state index in [2.05, 4.69) is 11.7 Å². The van der Waals surface area contributed by atoms with Crippen LogP contribution in [0.2, 0.25) is 0 Å². The molecule has 0 aliphatic carbocycles. The van der Waals surface area contributed by atoms with E-state index in [0.29, 0.717) is 44.1 Å². The van der Waals surface area contributed by atoms with E-state index in [1.807, 2.05) is 0 Å². The van der Waals surface area contributed by atoms with Crippen LogP contribution < -0.4 is 4.74 Å². The Morgan fingerprint density at radius 1 is 0.608 bits per heavy atom. The Morgan fingerprint density at radius 2 is 1.10 bits per heavy atom. The number of ether oxygens (including phenoxy) is 4. The van der Waals surface area contributed by atoms with Crippen molar-refractivity contribution in [2.45, 2.75) is 50.9 Å². The fourth-order valence-corrected chi connectivity index (χ4v) is 6.15. The maximum Gasteiger partial charge on any atom is 0.432 e. The fourth-order valence-electron chi connectivity index (χ4n) is 6.15. The molecule has 3 aliphatic rings. The van der Waals surface area contributed by atoms with E-state index in [1.54, 1.807) is 0 Å². The van der Waals surface area contributed by atoms with Crippen molar-refractivity contribution in [1.29, 1.82) is 0 Å². The molecule has 3 aliphatic heterocycles. The molecule has 0 amide bonds. The third-order valence-corrected chi connectivity index (χ3v) is 8.81. The number of rotatable bonds is 10. The zero-order valence-electron chi connectivity index (χ0n) is 26.5. The smallest absolute Gasteiger partial charge is 0.429 e. The van der Waals surface area contributed by atoms with Crippen LogP contribution in [-0.4, -0.2) is 19.8 Å². The van der Waals surface area contributed by atoms with Gasteiger partial charge in [0.1, 0.15) is 51.8 Å². The van der Waals surface area contributed by atoms with Gasteiger partial charge >= 0.3 is 18.3 Å². The molecule has 7 rings (SSSR count). The number of hydrogen-bond donors (Lipinski definition) is 0. The van der Waals surface area contributed by atoms with Crippen LogP contribution in [0.15, 0.2) is 60.7 Å². The largest absolute Gasteiger partial charge is 0.432 e. The Hall–Kier alpha value is -4.21. The summed E-state index contributed by atoms with van der Waals surface area (Å²) in [7, 11) is 0. The molecule has 3 saturated heterocycles. The van der Waals surface area contributed by atoms with E-state index < -0.39 is 86.7 Å². The van der Waals surface area contributed by atoms with Crippen LogP contribution in [-0.2, 0) is 32.5 Å². The van der Waals surface area contributed by atoms with E-state index >= 15 is 22.0 Å². The van der Waals surface area contributed by atoms with Gasteiger partial charge in [-0.3, -0.25) is 0 Å². The zero-order valence-corrected chi connectivity index (χ0v) is 26.5. The van der Waals surface area contributed by atoms with Crippen molar-refractivity contribution in [1.82, 2.24) is 0 Å². The molecular formula is C36H27F11O4. The highest BCUT2D eigenvalue weighted by Crippen LogP contribution is 2.47. The van der Waals surface area contributed by atoms with Gasteiger partial charge in [0, 0.05) is 28.2 Å². The van der Waals surface area contributed by atoms with Gasteiger partial charge < -0.3 is 18.9 Å². The van der Waals surface area contributed by atoms with Crippen LogP contribution in [0.5, 0.6) is 5.75 Å². The topological polar surface area (TPSA) is 36.9 Å².